The minimum absolute atomic E-state index is 0.00656. The Bertz CT molecular complexity index is 556. The molecule has 0 spiro atoms. The third kappa shape index (κ3) is 8.85. The van der Waals surface area contributed by atoms with E-state index in [-0.39, 0.29) is 37.3 Å². The lowest BCUT2D eigenvalue weighted by Gasteiger charge is -2.24. The van der Waals surface area contributed by atoms with Crippen molar-refractivity contribution in [3.8, 4) is 0 Å². The quantitative estimate of drug-likeness (QED) is 0.620. The minimum Gasteiger partial charge on any atom is -0.469 e. The fourth-order valence-corrected chi connectivity index (χ4v) is 2.47. The van der Waals surface area contributed by atoms with Crippen LogP contribution < -0.4 is 5.32 Å². The van der Waals surface area contributed by atoms with Crippen LogP contribution in [0.5, 0.6) is 0 Å². The van der Waals surface area contributed by atoms with E-state index >= 15 is 0 Å². The number of hydrogen-bond donors (Lipinski definition) is 1. The molecule has 9 nitrogen and oxygen atoms in total. The summed E-state index contributed by atoms with van der Waals surface area (Å²) in [6.45, 7) is 7.62. The van der Waals surface area contributed by atoms with Crippen molar-refractivity contribution in [2.24, 2.45) is 0 Å². The molecular formula is C18H30N2O7. The zero-order valence-electron chi connectivity index (χ0n) is 16.7. The van der Waals surface area contributed by atoms with Crippen molar-refractivity contribution < 1.29 is 33.4 Å². The molecule has 0 radical (unpaired) electrons. The first-order valence-corrected chi connectivity index (χ1v) is 9.01. The summed E-state index contributed by atoms with van der Waals surface area (Å²) in [7, 11) is 1.25. The van der Waals surface area contributed by atoms with Crippen LogP contribution in [0.25, 0.3) is 0 Å². The SMILES string of the molecule is COC(=O)CCC(=O)CNC(=O)N1CC[C@H](OC(C)C(=O)OC(C)(C)C)C1. The number of nitrogens with one attached hydrogen (secondary N) is 1. The smallest absolute Gasteiger partial charge is 0.335 e. The first-order chi connectivity index (χ1) is 12.5. The Morgan fingerprint density at radius 3 is 2.44 bits per heavy atom. The lowest BCUT2D eigenvalue weighted by Crippen LogP contribution is -2.42. The van der Waals surface area contributed by atoms with Crippen molar-refractivity contribution in [2.75, 3.05) is 26.7 Å². The average Bonchev–Trinajstić information content (AvgIpc) is 3.04. The van der Waals surface area contributed by atoms with Gasteiger partial charge in [0, 0.05) is 19.5 Å². The Kier molecular flexibility index (Phi) is 8.68. The van der Waals surface area contributed by atoms with Crippen LogP contribution in [0.15, 0.2) is 0 Å². The zero-order valence-corrected chi connectivity index (χ0v) is 16.7. The summed E-state index contributed by atoms with van der Waals surface area (Å²) in [5.41, 5.74) is -0.587. The molecule has 1 aliphatic rings. The number of carbonyl (C=O) groups excluding carboxylic acids is 4. The standard InChI is InChI=1S/C18H30N2O7/c1-12(16(23)27-18(2,3)4)26-14-8-9-20(11-14)17(24)19-10-13(21)6-7-15(22)25-5/h12,14H,6-11H2,1-5H3,(H,19,24)/t12?,14-/m0/s1. The molecule has 1 saturated heterocycles. The van der Waals surface area contributed by atoms with E-state index in [1.165, 1.54) is 12.0 Å². The molecule has 27 heavy (non-hydrogen) atoms. The molecule has 1 N–H and O–H groups in total. The molecule has 0 aromatic carbocycles. The average molecular weight is 386 g/mol. The first-order valence-electron chi connectivity index (χ1n) is 9.01. The fourth-order valence-electron chi connectivity index (χ4n) is 2.47. The van der Waals surface area contributed by atoms with Crippen LogP contribution in [0, 0.1) is 0 Å². The molecule has 1 heterocycles. The van der Waals surface area contributed by atoms with Crippen LogP contribution in [-0.4, -0.2) is 73.2 Å². The molecule has 1 fully saturated rings. The highest BCUT2D eigenvalue weighted by Gasteiger charge is 2.31. The summed E-state index contributed by atoms with van der Waals surface area (Å²) in [5, 5.41) is 2.53. The van der Waals surface area contributed by atoms with Gasteiger partial charge in [0.1, 0.15) is 5.60 Å². The highest BCUT2D eigenvalue weighted by Crippen LogP contribution is 2.17. The number of methoxy groups -OCH3 is 1. The summed E-state index contributed by atoms with van der Waals surface area (Å²) >= 11 is 0. The maximum Gasteiger partial charge on any atom is 0.335 e. The molecule has 0 aromatic rings. The maximum atomic E-state index is 12.1. The number of Topliss-reactive ketones (excluding diaryl/α,β-unsaturated/α-hetero) is 1. The molecule has 0 saturated carbocycles. The Labute approximate surface area is 159 Å². The van der Waals surface area contributed by atoms with Crippen LogP contribution >= 0.6 is 0 Å². The van der Waals surface area contributed by atoms with Gasteiger partial charge in [-0.05, 0) is 34.1 Å². The third-order valence-corrected chi connectivity index (χ3v) is 3.84. The van der Waals surface area contributed by atoms with Crippen molar-refractivity contribution in [1.82, 2.24) is 10.2 Å². The van der Waals surface area contributed by atoms with Gasteiger partial charge in [-0.2, -0.15) is 0 Å². The van der Waals surface area contributed by atoms with Crippen molar-refractivity contribution in [3.63, 3.8) is 0 Å². The van der Waals surface area contributed by atoms with Crippen LogP contribution in [0.1, 0.15) is 47.0 Å². The summed E-state index contributed by atoms with van der Waals surface area (Å²) in [6.07, 6.45) is -0.388. The topological polar surface area (TPSA) is 111 Å². The van der Waals surface area contributed by atoms with Crippen molar-refractivity contribution in [2.45, 2.75) is 64.8 Å². The second-order valence-corrected chi connectivity index (χ2v) is 7.44. The normalized spacial score (nSPS) is 18.0. The third-order valence-electron chi connectivity index (χ3n) is 3.84. The van der Waals surface area contributed by atoms with Gasteiger partial charge in [-0.15, -0.1) is 0 Å². The van der Waals surface area contributed by atoms with Crippen molar-refractivity contribution in [1.29, 1.82) is 0 Å². The molecule has 0 bridgehead atoms. The molecule has 1 aliphatic heterocycles. The van der Waals surface area contributed by atoms with Gasteiger partial charge in [0.05, 0.1) is 26.2 Å². The number of urea groups is 1. The van der Waals surface area contributed by atoms with E-state index in [0.29, 0.717) is 19.5 Å². The van der Waals surface area contributed by atoms with E-state index in [0.717, 1.165) is 0 Å². The van der Waals surface area contributed by atoms with Crippen LogP contribution in [0.2, 0.25) is 0 Å². The monoisotopic (exact) mass is 386 g/mol. The van der Waals surface area contributed by atoms with Gasteiger partial charge in [0.25, 0.3) is 0 Å². The molecule has 0 aliphatic carbocycles. The molecular weight excluding hydrogens is 356 g/mol. The molecule has 9 heteroatoms. The van der Waals surface area contributed by atoms with Crippen LogP contribution in [0.3, 0.4) is 0 Å². The number of amides is 2. The molecule has 154 valence electrons. The predicted molar refractivity (Wildman–Crippen MR) is 96.0 cm³/mol. The van der Waals surface area contributed by atoms with Gasteiger partial charge in [-0.1, -0.05) is 0 Å². The van der Waals surface area contributed by atoms with Gasteiger partial charge in [-0.3, -0.25) is 9.59 Å². The molecule has 1 rings (SSSR count). The minimum atomic E-state index is -0.725. The number of esters is 2. The Hall–Kier alpha value is -2.16. The zero-order chi connectivity index (χ0) is 20.6. The van der Waals surface area contributed by atoms with E-state index in [1.807, 2.05) is 0 Å². The van der Waals surface area contributed by atoms with Gasteiger partial charge < -0.3 is 24.4 Å². The lowest BCUT2D eigenvalue weighted by atomic mass is 10.2. The Morgan fingerprint density at radius 2 is 1.85 bits per heavy atom. The maximum absolute atomic E-state index is 12.1. The lowest BCUT2D eigenvalue weighted by molar-refractivity contribution is -0.170. The second kappa shape index (κ2) is 10.2. The highest BCUT2D eigenvalue weighted by molar-refractivity contribution is 5.87. The van der Waals surface area contributed by atoms with Crippen molar-refractivity contribution in [3.05, 3.63) is 0 Å². The number of nitrogens with zero attached hydrogens (tertiary/aromatic N) is 1. The number of ether oxygens (including phenoxy) is 3. The van der Waals surface area contributed by atoms with Crippen LogP contribution in [0.4, 0.5) is 4.79 Å². The van der Waals surface area contributed by atoms with E-state index in [9.17, 15) is 19.2 Å². The fraction of sp³-hybridized carbons (Fsp3) is 0.778. The van der Waals surface area contributed by atoms with Crippen molar-refractivity contribution >= 4 is 23.8 Å². The molecule has 1 unspecified atom stereocenters. The van der Waals surface area contributed by atoms with E-state index < -0.39 is 23.6 Å². The van der Waals surface area contributed by atoms with E-state index in [4.69, 9.17) is 9.47 Å². The summed E-state index contributed by atoms with van der Waals surface area (Å²) in [6, 6.07) is -0.377. The van der Waals surface area contributed by atoms with Crippen LogP contribution in [-0.2, 0) is 28.6 Å². The predicted octanol–water partition coefficient (Wildman–Crippen LogP) is 1.04. The number of carbonyl (C=O) groups is 4. The number of hydrogen-bond acceptors (Lipinski definition) is 7. The summed E-state index contributed by atoms with van der Waals surface area (Å²) in [5.74, 6) is -1.16. The Balaban J connectivity index is 2.33. The molecule has 0 aromatic heterocycles. The van der Waals surface area contributed by atoms with E-state index in [1.54, 1.807) is 27.7 Å². The summed E-state index contributed by atoms with van der Waals surface area (Å²) < 4.78 is 15.4. The highest BCUT2D eigenvalue weighted by atomic mass is 16.6. The van der Waals surface area contributed by atoms with E-state index in [2.05, 4.69) is 10.1 Å². The number of likely N-dealkylation sites (tertiary alicyclic amines) is 1. The Morgan fingerprint density at radius 1 is 1.19 bits per heavy atom. The summed E-state index contributed by atoms with van der Waals surface area (Å²) in [4.78, 5) is 48.3. The van der Waals surface area contributed by atoms with Gasteiger partial charge in [-0.25, -0.2) is 9.59 Å². The second-order valence-electron chi connectivity index (χ2n) is 7.44. The number of ketones is 1. The van der Waals surface area contributed by atoms with Gasteiger partial charge >= 0.3 is 18.0 Å². The molecule has 2 atom stereocenters. The van der Waals surface area contributed by atoms with Gasteiger partial charge in [0.2, 0.25) is 0 Å². The first kappa shape index (κ1) is 22.9. The largest absolute Gasteiger partial charge is 0.469 e. The molecule has 2 amide bonds. The van der Waals surface area contributed by atoms with Gasteiger partial charge in [0.15, 0.2) is 11.9 Å². The number of rotatable bonds is 8.